The summed E-state index contributed by atoms with van der Waals surface area (Å²) in [4.78, 5) is 37.2. The SMILES string of the molecule is CC(C)=CCCC(C)=CCCC(C)=CCN1CCN(CC(=O)N2c3ccccc3C(=O)Nc3cccnc32)CC1. The Hall–Kier alpha value is -3.55. The highest BCUT2D eigenvalue weighted by molar-refractivity contribution is 6.17. The molecule has 0 bridgehead atoms. The first-order valence-electron chi connectivity index (χ1n) is 14.4. The Morgan fingerprint density at radius 1 is 0.875 bits per heavy atom. The number of nitrogens with zero attached hydrogens (tertiary/aromatic N) is 4. The van der Waals surface area contributed by atoms with Gasteiger partial charge in [-0.1, -0.05) is 47.1 Å². The second-order valence-corrected chi connectivity index (χ2v) is 11.1. The maximum atomic E-state index is 13.7. The Balaban J connectivity index is 1.28. The van der Waals surface area contributed by atoms with E-state index >= 15 is 0 Å². The van der Waals surface area contributed by atoms with E-state index in [4.69, 9.17) is 0 Å². The number of aromatic nitrogens is 1. The maximum absolute atomic E-state index is 13.7. The number of carbonyl (C=O) groups is 2. The molecule has 1 fully saturated rings. The summed E-state index contributed by atoms with van der Waals surface area (Å²) in [5.74, 6) is 0.142. The summed E-state index contributed by atoms with van der Waals surface area (Å²) in [6.45, 7) is 13.5. The molecule has 40 heavy (non-hydrogen) atoms. The summed E-state index contributed by atoms with van der Waals surface area (Å²) < 4.78 is 0. The van der Waals surface area contributed by atoms with Gasteiger partial charge >= 0.3 is 0 Å². The smallest absolute Gasteiger partial charge is 0.257 e. The molecule has 0 saturated carbocycles. The standard InChI is InChI=1S/C33H43N5O2/c1-25(2)10-7-11-26(3)12-8-13-27(4)17-19-36-20-22-37(23-21-36)24-31(39)38-30-16-6-5-14-28(30)33(40)35-29-15-9-18-34-32(29)38/h5-6,9-10,12,14-18H,7-8,11,13,19-24H2,1-4H3,(H,35,40). The summed E-state index contributed by atoms with van der Waals surface area (Å²) in [7, 11) is 0. The number of nitrogens with one attached hydrogen (secondary N) is 1. The summed E-state index contributed by atoms with van der Waals surface area (Å²) in [6, 6.07) is 10.8. The number of hydrogen-bond acceptors (Lipinski definition) is 5. The van der Waals surface area contributed by atoms with Crippen LogP contribution in [-0.2, 0) is 4.79 Å². The fourth-order valence-electron chi connectivity index (χ4n) is 5.11. The number of hydrogen-bond donors (Lipinski definition) is 1. The van der Waals surface area contributed by atoms with Gasteiger partial charge < -0.3 is 5.32 Å². The van der Waals surface area contributed by atoms with Crippen LogP contribution in [0, 0.1) is 0 Å². The maximum Gasteiger partial charge on any atom is 0.257 e. The summed E-state index contributed by atoms with van der Waals surface area (Å²) >= 11 is 0. The molecule has 7 nitrogen and oxygen atoms in total. The quantitative estimate of drug-likeness (QED) is 0.355. The second-order valence-electron chi connectivity index (χ2n) is 11.1. The normalized spacial score (nSPS) is 16.6. The molecule has 0 atom stereocenters. The minimum atomic E-state index is -0.234. The molecular formula is C33H43N5O2. The molecule has 2 aliphatic heterocycles. The van der Waals surface area contributed by atoms with Crippen LogP contribution in [0.1, 0.15) is 63.7 Å². The number of fused-ring (bicyclic) bond motifs is 2. The van der Waals surface area contributed by atoms with Crippen LogP contribution in [0.25, 0.3) is 0 Å². The number of rotatable bonds is 10. The Morgan fingerprint density at radius 3 is 2.30 bits per heavy atom. The van der Waals surface area contributed by atoms with Crippen LogP contribution in [0.3, 0.4) is 0 Å². The van der Waals surface area contributed by atoms with Gasteiger partial charge in [-0.15, -0.1) is 0 Å². The highest BCUT2D eigenvalue weighted by Gasteiger charge is 2.31. The lowest BCUT2D eigenvalue weighted by Gasteiger charge is -2.35. The van der Waals surface area contributed by atoms with Gasteiger partial charge in [-0.25, -0.2) is 4.98 Å². The van der Waals surface area contributed by atoms with Crippen molar-refractivity contribution in [1.29, 1.82) is 0 Å². The van der Waals surface area contributed by atoms with Crippen molar-refractivity contribution in [2.75, 3.05) is 49.5 Å². The molecule has 2 amide bonds. The number of benzene rings is 1. The number of amides is 2. The first kappa shape index (κ1) is 29.4. The predicted octanol–water partition coefficient (Wildman–Crippen LogP) is 6.35. The zero-order valence-corrected chi connectivity index (χ0v) is 24.4. The van der Waals surface area contributed by atoms with Gasteiger partial charge in [-0.2, -0.15) is 0 Å². The molecule has 1 aromatic carbocycles. The van der Waals surface area contributed by atoms with Crippen molar-refractivity contribution in [3.05, 3.63) is 83.1 Å². The monoisotopic (exact) mass is 541 g/mol. The second kappa shape index (κ2) is 14.2. The van der Waals surface area contributed by atoms with Crippen LogP contribution in [0.5, 0.6) is 0 Å². The van der Waals surface area contributed by atoms with E-state index in [0.717, 1.165) is 58.4 Å². The Morgan fingerprint density at radius 2 is 1.55 bits per heavy atom. The fourth-order valence-corrected chi connectivity index (χ4v) is 5.11. The number of anilines is 3. The van der Waals surface area contributed by atoms with Gasteiger partial charge in [0.25, 0.3) is 5.91 Å². The van der Waals surface area contributed by atoms with Gasteiger partial charge in [0.2, 0.25) is 5.91 Å². The molecule has 1 N–H and O–H groups in total. The summed E-state index contributed by atoms with van der Waals surface area (Å²) in [6.07, 6.45) is 13.2. The average Bonchev–Trinajstić information content (AvgIpc) is 3.06. The zero-order valence-electron chi connectivity index (χ0n) is 24.4. The highest BCUT2D eigenvalue weighted by atomic mass is 16.2. The minimum Gasteiger partial charge on any atom is -0.319 e. The molecule has 0 aliphatic carbocycles. The van der Waals surface area contributed by atoms with Gasteiger partial charge in [-0.05, 0) is 77.6 Å². The molecule has 4 rings (SSSR count). The van der Waals surface area contributed by atoms with Crippen molar-refractivity contribution < 1.29 is 9.59 Å². The van der Waals surface area contributed by atoms with Crippen LogP contribution in [0.2, 0.25) is 0 Å². The van der Waals surface area contributed by atoms with E-state index in [1.54, 1.807) is 29.3 Å². The van der Waals surface area contributed by atoms with E-state index in [-0.39, 0.29) is 18.4 Å². The van der Waals surface area contributed by atoms with Crippen molar-refractivity contribution >= 4 is 29.0 Å². The van der Waals surface area contributed by atoms with E-state index in [9.17, 15) is 9.59 Å². The Bertz CT molecular complexity index is 1280. The highest BCUT2D eigenvalue weighted by Crippen LogP contribution is 2.36. The first-order chi connectivity index (χ1) is 19.3. The van der Waals surface area contributed by atoms with Gasteiger partial charge in [0.05, 0.1) is 23.5 Å². The van der Waals surface area contributed by atoms with Crippen LogP contribution < -0.4 is 10.2 Å². The topological polar surface area (TPSA) is 68.8 Å². The molecule has 0 radical (unpaired) electrons. The van der Waals surface area contributed by atoms with Crippen LogP contribution in [0.15, 0.2) is 77.5 Å². The third kappa shape index (κ3) is 7.99. The fraction of sp³-hybridized carbons (Fsp3) is 0.424. The van der Waals surface area contributed by atoms with Crippen LogP contribution in [-0.4, -0.2) is 65.9 Å². The molecule has 3 heterocycles. The van der Waals surface area contributed by atoms with Gasteiger partial charge in [-0.3, -0.25) is 24.3 Å². The number of pyridine rings is 1. The van der Waals surface area contributed by atoms with E-state index in [0.29, 0.717) is 22.8 Å². The number of carbonyl (C=O) groups excluding carboxylic acids is 2. The predicted molar refractivity (Wildman–Crippen MR) is 164 cm³/mol. The molecule has 7 heteroatoms. The van der Waals surface area contributed by atoms with Gasteiger partial charge in [0.15, 0.2) is 5.82 Å². The van der Waals surface area contributed by atoms with E-state index in [1.165, 1.54) is 16.7 Å². The third-order valence-corrected chi connectivity index (χ3v) is 7.53. The summed E-state index contributed by atoms with van der Waals surface area (Å²) in [5.41, 5.74) is 5.87. The molecule has 2 aromatic rings. The Labute approximate surface area is 239 Å². The van der Waals surface area contributed by atoms with Crippen molar-refractivity contribution in [2.24, 2.45) is 0 Å². The molecule has 0 unspecified atom stereocenters. The van der Waals surface area contributed by atoms with Crippen LogP contribution in [0.4, 0.5) is 17.2 Å². The van der Waals surface area contributed by atoms with Gasteiger partial charge in [0.1, 0.15) is 0 Å². The largest absolute Gasteiger partial charge is 0.319 e. The molecule has 2 aliphatic rings. The molecule has 0 spiro atoms. The van der Waals surface area contributed by atoms with E-state index in [1.807, 2.05) is 18.2 Å². The zero-order chi connectivity index (χ0) is 28.5. The minimum absolute atomic E-state index is 0.0858. The lowest BCUT2D eigenvalue weighted by Crippen LogP contribution is -2.49. The van der Waals surface area contributed by atoms with Gasteiger partial charge in [0, 0.05) is 38.9 Å². The average molecular weight is 542 g/mol. The molecule has 1 aromatic heterocycles. The Kier molecular flexibility index (Phi) is 10.4. The van der Waals surface area contributed by atoms with E-state index < -0.39 is 0 Å². The van der Waals surface area contributed by atoms with Crippen molar-refractivity contribution in [2.45, 2.75) is 53.4 Å². The molecular weight excluding hydrogens is 498 g/mol. The number of piperazine rings is 1. The number of allylic oxidation sites excluding steroid dienone is 5. The van der Waals surface area contributed by atoms with Crippen molar-refractivity contribution in [1.82, 2.24) is 14.8 Å². The lowest BCUT2D eigenvalue weighted by atomic mass is 10.1. The van der Waals surface area contributed by atoms with E-state index in [2.05, 4.69) is 66.0 Å². The lowest BCUT2D eigenvalue weighted by molar-refractivity contribution is -0.119. The molecule has 212 valence electrons. The number of para-hydroxylation sites is 1. The molecule has 1 saturated heterocycles. The van der Waals surface area contributed by atoms with Crippen LogP contribution >= 0.6 is 0 Å². The van der Waals surface area contributed by atoms with Crippen molar-refractivity contribution in [3.8, 4) is 0 Å². The third-order valence-electron chi connectivity index (χ3n) is 7.53. The first-order valence-corrected chi connectivity index (χ1v) is 14.4. The van der Waals surface area contributed by atoms with Crippen molar-refractivity contribution in [3.63, 3.8) is 0 Å². The summed E-state index contributed by atoms with van der Waals surface area (Å²) in [5, 5.41) is 2.90.